The molecule has 0 fully saturated rings. The fraction of sp³-hybridized carbons (Fsp3) is 0. The maximum Gasteiger partial charge on any atom is 0.278 e. The molecule has 2 heterocycles. The maximum atomic E-state index is 11.7. The Hall–Kier alpha value is -1.67. The minimum Gasteiger partial charge on any atom is -0.369 e. The summed E-state index contributed by atoms with van der Waals surface area (Å²) in [5.74, 6) is 0.593. The first-order valence-corrected chi connectivity index (χ1v) is 6.84. The van der Waals surface area contributed by atoms with Crippen LogP contribution in [0.1, 0.15) is 0 Å². The number of nitrogens with two attached hydrogens (primary N) is 1. The number of imidazole rings is 1. The van der Waals surface area contributed by atoms with Gasteiger partial charge in [-0.1, -0.05) is 31.9 Å². The minimum absolute atomic E-state index is 0.0452. The third-order valence-electron chi connectivity index (χ3n) is 2.56. The molecule has 19 heavy (non-hydrogen) atoms. The Labute approximate surface area is 123 Å². The number of anilines is 1. The van der Waals surface area contributed by atoms with Crippen LogP contribution in [0.3, 0.4) is 0 Å². The molecular formula is C11H7Br2N5O. The second kappa shape index (κ2) is 4.46. The topological polar surface area (TPSA) is 100 Å². The lowest BCUT2D eigenvalue weighted by Gasteiger charge is -2.00. The number of nitrogen functional groups attached to an aromatic ring is 1. The van der Waals surface area contributed by atoms with E-state index in [-0.39, 0.29) is 11.5 Å². The van der Waals surface area contributed by atoms with Crippen LogP contribution >= 0.6 is 31.9 Å². The molecule has 6 nitrogen and oxygen atoms in total. The maximum absolute atomic E-state index is 11.7. The Kier molecular flexibility index (Phi) is 2.90. The molecule has 0 radical (unpaired) electrons. The van der Waals surface area contributed by atoms with Crippen LogP contribution < -0.4 is 11.3 Å². The van der Waals surface area contributed by atoms with Crippen molar-refractivity contribution in [2.75, 3.05) is 5.73 Å². The molecule has 8 heteroatoms. The molecule has 0 aliphatic carbocycles. The van der Waals surface area contributed by atoms with Gasteiger partial charge in [0.15, 0.2) is 11.2 Å². The lowest BCUT2D eigenvalue weighted by atomic mass is 10.2. The number of fused-ring (bicyclic) bond motifs is 1. The molecule has 0 atom stereocenters. The van der Waals surface area contributed by atoms with E-state index in [1.165, 1.54) is 0 Å². The van der Waals surface area contributed by atoms with Gasteiger partial charge in [-0.2, -0.15) is 4.98 Å². The van der Waals surface area contributed by atoms with Crippen LogP contribution in [0.5, 0.6) is 0 Å². The number of rotatable bonds is 1. The molecular weight excluding hydrogens is 378 g/mol. The highest BCUT2D eigenvalue weighted by Gasteiger charge is 2.12. The zero-order valence-electron chi connectivity index (χ0n) is 9.37. The monoisotopic (exact) mass is 383 g/mol. The van der Waals surface area contributed by atoms with Crippen molar-refractivity contribution in [2.45, 2.75) is 0 Å². The Bertz CT molecular complexity index is 839. The third kappa shape index (κ3) is 2.17. The average Bonchev–Trinajstić information content (AvgIpc) is 2.76. The largest absolute Gasteiger partial charge is 0.369 e. The summed E-state index contributed by atoms with van der Waals surface area (Å²) in [4.78, 5) is 25.4. The van der Waals surface area contributed by atoms with Gasteiger partial charge in [0.1, 0.15) is 5.82 Å². The average molecular weight is 385 g/mol. The van der Waals surface area contributed by atoms with Gasteiger partial charge in [0.2, 0.25) is 5.95 Å². The predicted molar refractivity (Wildman–Crippen MR) is 79.8 cm³/mol. The third-order valence-corrected chi connectivity index (χ3v) is 3.75. The van der Waals surface area contributed by atoms with Gasteiger partial charge >= 0.3 is 0 Å². The number of benzene rings is 1. The summed E-state index contributed by atoms with van der Waals surface area (Å²) in [5, 5.41) is 0. The number of nitrogens with one attached hydrogen (secondary N) is 2. The number of H-pyrrole nitrogens is 2. The smallest absolute Gasteiger partial charge is 0.278 e. The van der Waals surface area contributed by atoms with Crippen molar-refractivity contribution >= 4 is 49.0 Å². The zero-order chi connectivity index (χ0) is 13.6. The summed E-state index contributed by atoms with van der Waals surface area (Å²) in [6.45, 7) is 0. The van der Waals surface area contributed by atoms with Crippen LogP contribution in [0.4, 0.5) is 5.95 Å². The second-order valence-corrected chi connectivity index (χ2v) is 5.63. The van der Waals surface area contributed by atoms with E-state index < -0.39 is 0 Å². The summed E-state index contributed by atoms with van der Waals surface area (Å²) >= 11 is 6.84. The molecule has 0 saturated carbocycles. The molecule has 1 aromatic carbocycles. The molecule has 2 aromatic heterocycles. The Balaban J connectivity index is 2.29. The molecule has 0 saturated heterocycles. The Morgan fingerprint density at radius 2 is 1.95 bits per heavy atom. The second-order valence-electron chi connectivity index (χ2n) is 3.86. The van der Waals surface area contributed by atoms with E-state index in [0.717, 1.165) is 14.5 Å². The number of aromatic amines is 2. The first-order valence-electron chi connectivity index (χ1n) is 5.25. The first kappa shape index (κ1) is 12.4. The molecule has 0 unspecified atom stereocenters. The molecule has 3 rings (SSSR count). The molecule has 3 aromatic rings. The fourth-order valence-electron chi connectivity index (χ4n) is 1.73. The standard InChI is InChI=1S/C11H7Br2N5O/c12-4-1-2-6(13)5(3-4)8-15-7-9(16-8)17-11(14)18-10(7)19/h1-3H,(H4,14,15,16,17,18,19). The highest BCUT2D eigenvalue weighted by Crippen LogP contribution is 2.29. The van der Waals surface area contributed by atoms with Gasteiger partial charge in [0.25, 0.3) is 5.56 Å². The van der Waals surface area contributed by atoms with Crippen LogP contribution in [0.15, 0.2) is 31.9 Å². The number of aromatic nitrogens is 4. The van der Waals surface area contributed by atoms with Crippen LogP contribution in [0.2, 0.25) is 0 Å². The van der Waals surface area contributed by atoms with Crippen molar-refractivity contribution in [3.8, 4) is 11.4 Å². The van der Waals surface area contributed by atoms with Gasteiger partial charge < -0.3 is 10.7 Å². The lowest BCUT2D eigenvalue weighted by molar-refractivity contribution is 1.17. The number of hydrogen-bond acceptors (Lipinski definition) is 4. The van der Waals surface area contributed by atoms with Gasteiger partial charge in [-0.15, -0.1) is 0 Å². The van der Waals surface area contributed by atoms with Gasteiger partial charge in [-0.25, -0.2) is 4.98 Å². The number of hydrogen-bond donors (Lipinski definition) is 3. The number of nitrogens with zero attached hydrogens (tertiary/aromatic N) is 2. The van der Waals surface area contributed by atoms with Crippen molar-refractivity contribution in [3.05, 3.63) is 37.5 Å². The van der Waals surface area contributed by atoms with E-state index in [9.17, 15) is 4.79 Å². The fourth-order valence-corrected chi connectivity index (χ4v) is 2.53. The summed E-state index contributed by atoms with van der Waals surface area (Å²) in [7, 11) is 0. The quantitative estimate of drug-likeness (QED) is 0.599. The normalized spacial score (nSPS) is 11.1. The van der Waals surface area contributed by atoms with E-state index in [1.807, 2.05) is 18.2 Å². The van der Waals surface area contributed by atoms with E-state index in [4.69, 9.17) is 5.73 Å². The van der Waals surface area contributed by atoms with Crippen molar-refractivity contribution < 1.29 is 0 Å². The summed E-state index contributed by atoms with van der Waals surface area (Å²) in [6, 6.07) is 5.68. The molecule has 96 valence electrons. The van der Waals surface area contributed by atoms with Gasteiger partial charge in [-0.05, 0) is 18.2 Å². The van der Waals surface area contributed by atoms with Crippen molar-refractivity contribution in [2.24, 2.45) is 0 Å². The molecule has 0 bridgehead atoms. The summed E-state index contributed by atoms with van der Waals surface area (Å²) in [6.07, 6.45) is 0. The lowest BCUT2D eigenvalue weighted by Crippen LogP contribution is -2.10. The highest BCUT2D eigenvalue weighted by atomic mass is 79.9. The van der Waals surface area contributed by atoms with Crippen molar-refractivity contribution in [1.29, 1.82) is 0 Å². The SMILES string of the molecule is Nc1nc2nc(-c3cc(Br)ccc3Br)[nH]c2c(=O)[nH]1. The molecule has 4 N–H and O–H groups in total. The Morgan fingerprint density at radius 1 is 1.16 bits per heavy atom. The Morgan fingerprint density at radius 3 is 2.74 bits per heavy atom. The van der Waals surface area contributed by atoms with Crippen LogP contribution in [0, 0.1) is 0 Å². The summed E-state index contributed by atoms with van der Waals surface area (Å²) < 4.78 is 1.77. The highest BCUT2D eigenvalue weighted by molar-refractivity contribution is 9.11. The molecule has 0 amide bonds. The molecule has 0 aliphatic rings. The minimum atomic E-state index is -0.340. The van der Waals surface area contributed by atoms with Crippen LogP contribution in [0.25, 0.3) is 22.6 Å². The van der Waals surface area contributed by atoms with Gasteiger partial charge in [-0.3, -0.25) is 9.78 Å². The van der Waals surface area contributed by atoms with Crippen LogP contribution in [-0.2, 0) is 0 Å². The summed E-state index contributed by atoms with van der Waals surface area (Å²) in [5.41, 5.74) is 6.57. The van der Waals surface area contributed by atoms with E-state index in [0.29, 0.717) is 17.0 Å². The van der Waals surface area contributed by atoms with E-state index in [1.54, 1.807) is 0 Å². The van der Waals surface area contributed by atoms with E-state index >= 15 is 0 Å². The van der Waals surface area contributed by atoms with Crippen molar-refractivity contribution in [1.82, 2.24) is 19.9 Å². The molecule has 0 spiro atoms. The van der Waals surface area contributed by atoms with Gasteiger partial charge in [0, 0.05) is 14.5 Å². The van der Waals surface area contributed by atoms with Crippen LogP contribution in [-0.4, -0.2) is 19.9 Å². The first-order chi connectivity index (χ1) is 9.04. The van der Waals surface area contributed by atoms with Crippen molar-refractivity contribution in [3.63, 3.8) is 0 Å². The van der Waals surface area contributed by atoms with Gasteiger partial charge in [0.05, 0.1) is 0 Å². The predicted octanol–water partition coefficient (Wildman–Crippen LogP) is 2.42. The molecule has 0 aliphatic heterocycles. The zero-order valence-corrected chi connectivity index (χ0v) is 12.5. The van der Waals surface area contributed by atoms with E-state index in [2.05, 4.69) is 51.8 Å². The number of halogens is 2.